The van der Waals surface area contributed by atoms with Crippen molar-refractivity contribution in [1.82, 2.24) is 10.2 Å². The molecule has 3 aromatic rings. The lowest BCUT2D eigenvalue weighted by atomic mass is 9.74. The largest absolute Gasteiger partial charge is 0.455 e. The predicted octanol–water partition coefficient (Wildman–Crippen LogP) is 4.11. The zero-order valence-electron chi connectivity index (χ0n) is 29.6. The number of nitrogens with zero attached hydrogens (tertiary/aromatic N) is 2. The summed E-state index contributed by atoms with van der Waals surface area (Å²) in [6.07, 6.45) is 5.96. The minimum Gasteiger partial charge on any atom is -0.455 e. The number of allylic oxidation sites excluding steroid dienone is 1. The highest BCUT2D eigenvalue weighted by molar-refractivity contribution is 6.06. The molecule has 0 radical (unpaired) electrons. The smallest absolute Gasteiger partial charge is 0.313 e. The molecular weight excluding hydrogens is 662 g/mol. The van der Waals surface area contributed by atoms with Crippen LogP contribution >= 0.6 is 0 Å². The first-order chi connectivity index (χ1) is 25.2. The summed E-state index contributed by atoms with van der Waals surface area (Å²) in [6, 6.07) is 20.0. The summed E-state index contributed by atoms with van der Waals surface area (Å²) in [5.41, 5.74) is -0.231. The molecule has 0 aromatic heterocycles. The van der Waals surface area contributed by atoms with E-state index in [-0.39, 0.29) is 38.0 Å². The number of benzene rings is 3. The second-order valence-corrected chi connectivity index (χ2v) is 14.3. The van der Waals surface area contributed by atoms with Gasteiger partial charge in [0.05, 0.1) is 37.3 Å². The van der Waals surface area contributed by atoms with Crippen molar-refractivity contribution < 1.29 is 38.5 Å². The third-order valence-corrected chi connectivity index (χ3v) is 10.9. The fourth-order valence-electron chi connectivity index (χ4n) is 8.35. The molecule has 0 aliphatic carbocycles. The van der Waals surface area contributed by atoms with Gasteiger partial charge in [0.2, 0.25) is 11.8 Å². The number of rotatable bonds is 7. The Balaban J connectivity index is 1.36. The molecule has 3 aromatic carbocycles. The molecule has 8 atom stereocenters. The van der Waals surface area contributed by atoms with E-state index in [2.05, 4.69) is 5.32 Å². The number of carbonyl (C=O) groups excluding carboxylic acids is 4. The third kappa shape index (κ3) is 6.20. The van der Waals surface area contributed by atoms with Gasteiger partial charge in [0.25, 0.3) is 5.91 Å². The number of cyclic esters (lactones) is 1. The normalized spacial score (nSPS) is 30.5. The van der Waals surface area contributed by atoms with Crippen LogP contribution in [0.15, 0.2) is 97.1 Å². The van der Waals surface area contributed by atoms with Gasteiger partial charge in [0, 0.05) is 25.8 Å². The number of esters is 1. The second kappa shape index (κ2) is 14.7. The Labute approximate surface area is 303 Å². The number of carbonyl (C=O) groups is 4. The minimum atomic E-state index is -1.49. The number of anilines is 1. The van der Waals surface area contributed by atoms with E-state index in [1.165, 1.54) is 12.0 Å². The van der Waals surface area contributed by atoms with Crippen molar-refractivity contribution in [2.75, 3.05) is 31.8 Å². The number of likely N-dealkylation sites (tertiary alicyclic amines) is 1. The summed E-state index contributed by atoms with van der Waals surface area (Å²) < 4.78 is 18.4. The Morgan fingerprint density at radius 3 is 2.44 bits per heavy atom. The molecular formula is C41H45N3O8. The van der Waals surface area contributed by atoms with E-state index in [1.807, 2.05) is 98.8 Å². The molecule has 11 nitrogen and oxygen atoms in total. The first kappa shape index (κ1) is 35.6. The summed E-state index contributed by atoms with van der Waals surface area (Å²) in [5.74, 6) is -4.19. The fraction of sp³-hybridized carbons (Fsp3) is 0.415. The van der Waals surface area contributed by atoms with Gasteiger partial charge in [-0.05, 0) is 40.8 Å². The van der Waals surface area contributed by atoms with E-state index in [0.717, 1.165) is 10.8 Å². The molecule has 2 fully saturated rings. The Morgan fingerprint density at radius 2 is 1.71 bits per heavy atom. The van der Waals surface area contributed by atoms with Crippen molar-refractivity contribution >= 4 is 40.2 Å². The van der Waals surface area contributed by atoms with Crippen LogP contribution in [0.1, 0.15) is 38.4 Å². The maximum atomic E-state index is 15.3. The monoisotopic (exact) mass is 707 g/mol. The maximum Gasteiger partial charge on any atom is 0.313 e. The predicted molar refractivity (Wildman–Crippen MR) is 194 cm³/mol. The van der Waals surface area contributed by atoms with E-state index < -0.39 is 65.6 Å². The van der Waals surface area contributed by atoms with Gasteiger partial charge in [-0.1, -0.05) is 98.8 Å². The van der Waals surface area contributed by atoms with E-state index >= 15 is 4.79 Å². The summed E-state index contributed by atoms with van der Waals surface area (Å²) in [4.78, 5) is 61.0. The van der Waals surface area contributed by atoms with E-state index in [4.69, 9.17) is 14.2 Å². The van der Waals surface area contributed by atoms with Gasteiger partial charge in [0.15, 0.2) is 0 Å². The van der Waals surface area contributed by atoms with Gasteiger partial charge in [-0.3, -0.25) is 19.2 Å². The highest BCUT2D eigenvalue weighted by Crippen LogP contribution is 2.56. The number of methoxy groups -OCH3 is 1. The van der Waals surface area contributed by atoms with Crippen molar-refractivity contribution in [3.05, 3.63) is 103 Å². The Hall–Kier alpha value is -4.84. The van der Waals surface area contributed by atoms with Crippen LogP contribution in [-0.2, 0) is 33.4 Å². The van der Waals surface area contributed by atoms with E-state index in [9.17, 15) is 19.5 Å². The van der Waals surface area contributed by atoms with Crippen LogP contribution in [0.25, 0.3) is 10.8 Å². The number of aliphatic hydroxyl groups excluding tert-OH is 1. The minimum absolute atomic E-state index is 0.0584. The van der Waals surface area contributed by atoms with Crippen molar-refractivity contribution in [3.8, 4) is 0 Å². The summed E-state index contributed by atoms with van der Waals surface area (Å²) >= 11 is 0. The molecule has 4 aliphatic heterocycles. The zero-order chi connectivity index (χ0) is 36.6. The number of ether oxygens (including phenoxy) is 3. The molecule has 3 amide bonds. The Kier molecular flexibility index (Phi) is 10.0. The summed E-state index contributed by atoms with van der Waals surface area (Å²) in [6.45, 7) is 3.59. The van der Waals surface area contributed by atoms with Crippen LogP contribution in [0.5, 0.6) is 0 Å². The second-order valence-electron chi connectivity index (χ2n) is 14.3. The lowest BCUT2D eigenvalue weighted by molar-refractivity contribution is -0.162. The lowest BCUT2D eigenvalue weighted by Gasteiger charge is -2.40. The highest BCUT2D eigenvalue weighted by Gasteiger charge is 2.74. The van der Waals surface area contributed by atoms with Gasteiger partial charge >= 0.3 is 5.97 Å². The van der Waals surface area contributed by atoms with Crippen LogP contribution in [0, 0.1) is 17.8 Å². The molecule has 52 heavy (non-hydrogen) atoms. The molecule has 11 heteroatoms. The molecule has 2 saturated heterocycles. The highest BCUT2D eigenvalue weighted by atomic mass is 16.6. The van der Waals surface area contributed by atoms with Gasteiger partial charge in [-0.25, -0.2) is 0 Å². The molecule has 7 rings (SSSR count). The zero-order valence-corrected chi connectivity index (χ0v) is 29.6. The van der Waals surface area contributed by atoms with Crippen LogP contribution in [0.2, 0.25) is 0 Å². The number of amides is 3. The Bertz CT molecular complexity index is 1890. The number of aliphatic hydroxyl groups is 1. The molecule has 0 saturated carbocycles. The van der Waals surface area contributed by atoms with Crippen molar-refractivity contribution in [3.63, 3.8) is 0 Å². The van der Waals surface area contributed by atoms with Gasteiger partial charge in [0.1, 0.15) is 23.7 Å². The Morgan fingerprint density at radius 1 is 0.962 bits per heavy atom. The SMILES string of the molecule is COC[C@H]1NC(=O)CC/C=C\CN(c2ccc3ccccc3c2)C(=O)[C@@H]2N([C@@H](CO)C(C)C)C(=O)[C@H]3[C@H](C(=O)O[C@@H]1c1ccccc1)[C@@H]1C=C[C@]23O1. The van der Waals surface area contributed by atoms with E-state index in [1.54, 1.807) is 17.1 Å². The third-order valence-electron chi connectivity index (χ3n) is 10.9. The molecule has 5 bridgehead atoms. The molecule has 272 valence electrons. The molecule has 4 aliphatic rings. The topological polar surface area (TPSA) is 135 Å². The van der Waals surface area contributed by atoms with Gasteiger partial charge in [-0.2, -0.15) is 0 Å². The average Bonchev–Trinajstić information content (AvgIpc) is 3.79. The molecule has 2 N–H and O–H groups in total. The maximum absolute atomic E-state index is 15.3. The first-order valence-corrected chi connectivity index (χ1v) is 18.0. The molecule has 4 heterocycles. The number of nitrogens with one attached hydrogen (secondary N) is 1. The van der Waals surface area contributed by atoms with Crippen LogP contribution in [0.4, 0.5) is 5.69 Å². The quantitative estimate of drug-likeness (QED) is 0.277. The number of hydrogen-bond donors (Lipinski definition) is 2. The number of hydrogen-bond acceptors (Lipinski definition) is 8. The van der Waals surface area contributed by atoms with Gasteiger partial charge < -0.3 is 34.4 Å². The molecule has 0 unspecified atom stereocenters. The van der Waals surface area contributed by atoms with Gasteiger partial charge in [-0.15, -0.1) is 0 Å². The molecule has 1 spiro atoms. The summed E-state index contributed by atoms with van der Waals surface area (Å²) in [5, 5.41) is 15.7. The average molecular weight is 708 g/mol. The van der Waals surface area contributed by atoms with Crippen molar-refractivity contribution in [1.29, 1.82) is 0 Å². The van der Waals surface area contributed by atoms with E-state index in [0.29, 0.717) is 17.7 Å². The standard InChI is InChI=1S/C41H45N3O8/c1-25(2)31(23-45)44-37-39(48)43(29-18-17-26-12-9-10-15-28(26)22-29)21-11-5-8-16-33(46)42-30(24-50-3)36(27-13-6-4-7-14-27)51-40(49)34-32-19-20-41(37,52-32)35(34)38(44)47/h4-7,9-15,17-20,22,25,30-32,34-37,45H,8,16,21,23-24H2,1-3H3,(H,42,46)/b11-5-/t30-,31+,32+,34-,35-,36-,37+,41-/m1/s1. The van der Waals surface area contributed by atoms with Crippen molar-refractivity contribution in [2.24, 2.45) is 17.8 Å². The lowest BCUT2D eigenvalue weighted by Crippen LogP contribution is -2.59. The van der Waals surface area contributed by atoms with Crippen LogP contribution in [0.3, 0.4) is 0 Å². The summed E-state index contributed by atoms with van der Waals surface area (Å²) in [7, 11) is 1.51. The first-order valence-electron chi connectivity index (χ1n) is 18.0. The van der Waals surface area contributed by atoms with Crippen molar-refractivity contribution in [2.45, 2.75) is 62.6 Å². The van der Waals surface area contributed by atoms with Crippen LogP contribution in [-0.4, -0.2) is 90.4 Å². The number of fused-ring (bicyclic) bond motifs is 3. The fourth-order valence-corrected chi connectivity index (χ4v) is 8.35. The van der Waals surface area contributed by atoms with Crippen LogP contribution < -0.4 is 10.2 Å².